The van der Waals surface area contributed by atoms with Crippen LogP contribution in [0.15, 0.2) is 53.3 Å². The van der Waals surface area contributed by atoms with Crippen LogP contribution in [0.4, 0.5) is 11.4 Å². The maximum atomic E-state index is 4.69. The van der Waals surface area contributed by atoms with Gasteiger partial charge < -0.3 is 15.1 Å². The Balaban J connectivity index is 1.45. The molecule has 0 aromatic heterocycles. The largest absolute Gasteiger partial charge is 0.372 e. The molecule has 4 rings (SSSR count). The monoisotopic (exact) mass is 322 g/mol. The lowest BCUT2D eigenvalue weighted by molar-refractivity contribution is 0.421. The van der Waals surface area contributed by atoms with Crippen molar-refractivity contribution in [3.05, 3.63) is 48.3 Å². The van der Waals surface area contributed by atoms with Crippen LogP contribution in [0, 0.1) is 5.92 Å². The third kappa shape index (κ3) is 3.05. The van der Waals surface area contributed by atoms with Gasteiger partial charge in [-0.25, -0.2) is 0 Å². The van der Waals surface area contributed by atoms with Gasteiger partial charge in [0.05, 0.1) is 0 Å². The molecule has 24 heavy (non-hydrogen) atoms. The van der Waals surface area contributed by atoms with Crippen molar-refractivity contribution in [2.75, 3.05) is 29.9 Å². The van der Waals surface area contributed by atoms with Crippen LogP contribution in [0.25, 0.3) is 0 Å². The Bertz CT molecular complexity index is 653. The zero-order valence-corrected chi connectivity index (χ0v) is 14.4. The lowest BCUT2D eigenvalue weighted by Gasteiger charge is -2.33. The number of anilines is 2. The van der Waals surface area contributed by atoms with E-state index in [0.717, 1.165) is 18.7 Å². The summed E-state index contributed by atoms with van der Waals surface area (Å²) in [5, 5.41) is 3.53. The fourth-order valence-corrected chi connectivity index (χ4v) is 3.79. The van der Waals surface area contributed by atoms with Gasteiger partial charge in [0.15, 0.2) is 0 Å². The van der Waals surface area contributed by atoms with E-state index in [1.807, 2.05) is 0 Å². The second-order valence-corrected chi connectivity index (χ2v) is 6.73. The Hall–Kier alpha value is -2.23. The first-order chi connectivity index (χ1) is 11.8. The predicted octanol–water partition coefficient (Wildman–Crippen LogP) is 3.85. The molecule has 2 unspecified atom stereocenters. The quantitative estimate of drug-likeness (QED) is 0.913. The van der Waals surface area contributed by atoms with Gasteiger partial charge in [0, 0.05) is 48.8 Å². The number of benzene rings is 1. The van der Waals surface area contributed by atoms with Gasteiger partial charge in [0.25, 0.3) is 0 Å². The zero-order chi connectivity index (χ0) is 16.4. The van der Waals surface area contributed by atoms with Gasteiger partial charge in [-0.05, 0) is 62.7 Å². The van der Waals surface area contributed by atoms with Gasteiger partial charge >= 0.3 is 0 Å². The smallest absolute Gasteiger partial charge is 0.139 e. The summed E-state index contributed by atoms with van der Waals surface area (Å²) in [4.78, 5) is 9.48. The van der Waals surface area contributed by atoms with Crippen molar-refractivity contribution in [3.8, 4) is 0 Å². The Kier molecular flexibility index (Phi) is 4.28. The molecule has 0 amide bonds. The number of nitrogens with one attached hydrogen (secondary N) is 1. The van der Waals surface area contributed by atoms with E-state index >= 15 is 0 Å². The first-order valence-corrected chi connectivity index (χ1v) is 9.13. The number of fused-ring (bicyclic) bond motifs is 1. The third-order valence-electron chi connectivity index (χ3n) is 5.14. The van der Waals surface area contributed by atoms with E-state index in [2.05, 4.69) is 70.9 Å². The summed E-state index contributed by atoms with van der Waals surface area (Å²) >= 11 is 0. The minimum absolute atomic E-state index is 0.0226. The highest BCUT2D eigenvalue weighted by Gasteiger charge is 2.24. The molecule has 2 atom stereocenters. The molecule has 126 valence electrons. The lowest BCUT2D eigenvalue weighted by atomic mass is 9.96. The standard InChI is InChI=1S/C20H26N4/c1-2-23-13-5-6-16-15-21-20(14-19(16)23)22-17-7-9-18(10-8-17)24-11-3-4-12-24/h5,7-10,13-16,20,22H,2-4,6,11-12H2,1H3. The van der Waals surface area contributed by atoms with E-state index in [1.54, 1.807) is 0 Å². The topological polar surface area (TPSA) is 30.9 Å². The normalized spacial score (nSPS) is 25.6. The summed E-state index contributed by atoms with van der Waals surface area (Å²) in [5.74, 6) is 0.436. The van der Waals surface area contributed by atoms with Crippen LogP contribution in [0.3, 0.4) is 0 Å². The number of hydrogen-bond acceptors (Lipinski definition) is 4. The number of rotatable bonds is 4. The van der Waals surface area contributed by atoms with Gasteiger partial charge in [0.2, 0.25) is 0 Å². The molecule has 4 nitrogen and oxygen atoms in total. The molecule has 1 aromatic rings. The van der Waals surface area contributed by atoms with Crippen molar-refractivity contribution in [1.82, 2.24) is 4.90 Å². The van der Waals surface area contributed by atoms with E-state index in [0.29, 0.717) is 5.92 Å². The first kappa shape index (κ1) is 15.3. The molecule has 3 aliphatic rings. The molecule has 0 saturated carbocycles. The second-order valence-electron chi connectivity index (χ2n) is 6.73. The first-order valence-electron chi connectivity index (χ1n) is 9.13. The highest BCUT2D eigenvalue weighted by atomic mass is 15.2. The minimum atomic E-state index is 0.0226. The molecule has 3 heterocycles. The number of aliphatic imine (C=N–C) groups is 1. The Morgan fingerprint density at radius 2 is 1.96 bits per heavy atom. The van der Waals surface area contributed by atoms with Crippen LogP contribution < -0.4 is 10.2 Å². The predicted molar refractivity (Wildman–Crippen MR) is 102 cm³/mol. The van der Waals surface area contributed by atoms with E-state index < -0.39 is 0 Å². The van der Waals surface area contributed by atoms with Gasteiger partial charge in [-0.2, -0.15) is 0 Å². The molecule has 1 saturated heterocycles. The van der Waals surface area contributed by atoms with Crippen molar-refractivity contribution in [2.45, 2.75) is 32.4 Å². The van der Waals surface area contributed by atoms with Gasteiger partial charge in [0.1, 0.15) is 6.17 Å². The number of hydrogen-bond donors (Lipinski definition) is 1. The van der Waals surface area contributed by atoms with Gasteiger partial charge in [-0.15, -0.1) is 0 Å². The summed E-state index contributed by atoms with van der Waals surface area (Å²) in [6, 6.07) is 8.79. The maximum absolute atomic E-state index is 4.69. The van der Waals surface area contributed by atoms with Crippen molar-refractivity contribution >= 4 is 17.6 Å². The highest BCUT2D eigenvalue weighted by Crippen LogP contribution is 2.28. The third-order valence-corrected chi connectivity index (χ3v) is 5.14. The summed E-state index contributed by atoms with van der Waals surface area (Å²) in [7, 11) is 0. The van der Waals surface area contributed by atoms with Crippen LogP contribution in [0.1, 0.15) is 26.2 Å². The molecule has 1 aromatic carbocycles. The van der Waals surface area contributed by atoms with Crippen molar-refractivity contribution in [3.63, 3.8) is 0 Å². The molecule has 0 bridgehead atoms. The highest BCUT2D eigenvalue weighted by molar-refractivity contribution is 5.69. The molecule has 3 aliphatic heterocycles. The molecule has 0 radical (unpaired) electrons. The molecule has 1 fully saturated rings. The molecule has 0 spiro atoms. The summed E-state index contributed by atoms with van der Waals surface area (Å²) in [5.41, 5.74) is 3.84. The molecular weight excluding hydrogens is 296 g/mol. The summed E-state index contributed by atoms with van der Waals surface area (Å²) < 4.78 is 0. The number of allylic oxidation sites excluding steroid dienone is 2. The zero-order valence-electron chi connectivity index (χ0n) is 14.4. The Morgan fingerprint density at radius 1 is 1.17 bits per heavy atom. The van der Waals surface area contributed by atoms with E-state index in [4.69, 9.17) is 4.99 Å². The van der Waals surface area contributed by atoms with Gasteiger partial charge in [-0.1, -0.05) is 6.08 Å². The van der Waals surface area contributed by atoms with Crippen LogP contribution >= 0.6 is 0 Å². The number of nitrogens with zero attached hydrogens (tertiary/aromatic N) is 3. The molecule has 4 heteroatoms. The van der Waals surface area contributed by atoms with Crippen LogP contribution in [-0.2, 0) is 0 Å². The summed E-state index contributed by atoms with van der Waals surface area (Å²) in [6.45, 7) is 5.57. The average molecular weight is 322 g/mol. The van der Waals surface area contributed by atoms with Crippen LogP contribution in [0.5, 0.6) is 0 Å². The van der Waals surface area contributed by atoms with Crippen molar-refractivity contribution in [2.24, 2.45) is 10.9 Å². The fraction of sp³-hybridized carbons (Fsp3) is 0.450. The molecule has 0 aliphatic carbocycles. The van der Waals surface area contributed by atoms with E-state index in [9.17, 15) is 0 Å². The van der Waals surface area contributed by atoms with Gasteiger partial charge in [-0.3, -0.25) is 4.99 Å². The Labute approximate surface area is 144 Å². The SMILES string of the molecule is CCN1C=CCC2C=NC(Nc3ccc(N4CCCC4)cc3)C=C21. The Morgan fingerprint density at radius 3 is 2.71 bits per heavy atom. The fourth-order valence-electron chi connectivity index (χ4n) is 3.79. The molecule has 1 N–H and O–H groups in total. The summed E-state index contributed by atoms with van der Waals surface area (Å²) in [6.07, 6.45) is 12.5. The molecular formula is C20H26N4. The maximum Gasteiger partial charge on any atom is 0.139 e. The number of dihydropyridines is 1. The second kappa shape index (κ2) is 6.71. The van der Waals surface area contributed by atoms with E-state index in [1.165, 1.54) is 37.3 Å². The van der Waals surface area contributed by atoms with Crippen LogP contribution in [-0.4, -0.2) is 36.9 Å². The lowest BCUT2D eigenvalue weighted by Crippen LogP contribution is -2.32. The minimum Gasteiger partial charge on any atom is -0.372 e. The van der Waals surface area contributed by atoms with E-state index in [-0.39, 0.29) is 6.17 Å². The van der Waals surface area contributed by atoms with Crippen molar-refractivity contribution in [1.29, 1.82) is 0 Å². The van der Waals surface area contributed by atoms with Crippen LogP contribution in [0.2, 0.25) is 0 Å². The average Bonchev–Trinajstić information content (AvgIpc) is 3.16. The van der Waals surface area contributed by atoms with Crippen molar-refractivity contribution < 1.29 is 0 Å².